The molecule has 0 fully saturated rings. The fourth-order valence-electron chi connectivity index (χ4n) is 0.867. The normalized spacial score (nSPS) is 10.0. The molecule has 1 aromatic rings. The second kappa shape index (κ2) is 3.53. The van der Waals surface area contributed by atoms with Crippen LogP contribution in [0.2, 0.25) is 0 Å². The van der Waals surface area contributed by atoms with E-state index in [4.69, 9.17) is 12.6 Å². The van der Waals surface area contributed by atoms with Crippen LogP contribution in [0.5, 0.6) is 0 Å². The number of methoxy groups -OCH3 is 1. The molecule has 0 heterocycles. The van der Waals surface area contributed by atoms with Gasteiger partial charge in [0, 0.05) is 12.7 Å². The van der Waals surface area contributed by atoms with Gasteiger partial charge in [0.2, 0.25) is 0 Å². The van der Waals surface area contributed by atoms with Crippen molar-refractivity contribution < 1.29 is 9.13 Å². The third-order valence-electron chi connectivity index (χ3n) is 1.41. The maximum atomic E-state index is 13.0. The van der Waals surface area contributed by atoms with Gasteiger partial charge < -0.3 is 4.74 Å². The highest BCUT2D eigenvalue weighted by Gasteiger charge is 2.01. The molecule has 0 saturated heterocycles. The van der Waals surface area contributed by atoms with E-state index in [1.165, 1.54) is 13.2 Å². The number of hydrogen-bond donors (Lipinski definition) is 0. The molecular weight excluding hydrogens is 142 g/mol. The molecule has 56 valence electrons. The molecule has 0 aliphatic heterocycles. The minimum atomic E-state index is -0.380. The second-order valence-corrected chi connectivity index (χ2v) is 2.25. The van der Waals surface area contributed by atoms with Gasteiger partial charge in [-0.3, -0.25) is 0 Å². The topological polar surface area (TPSA) is 9.23 Å². The average molecular weight is 150 g/mol. The SMILES string of the molecule is [B]c1cccc(COC)c1F. The minimum Gasteiger partial charge on any atom is -0.380 e. The lowest BCUT2D eigenvalue weighted by Crippen LogP contribution is -2.11. The lowest BCUT2D eigenvalue weighted by Gasteiger charge is -2.03. The first kappa shape index (κ1) is 8.27. The maximum absolute atomic E-state index is 13.0. The second-order valence-electron chi connectivity index (χ2n) is 2.25. The molecule has 0 unspecified atom stereocenters. The lowest BCUT2D eigenvalue weighted by atomic mass is 9.94. The van der Waals surface area contributed by atoms with Gasteiger partial charge in [-0.1, -0.05) is 23.7 Å². The van der Waals surface area contributed by atoms with Crippen LogP contribution in [0.25, 0.3) is 0 Å². The van der Waals surface area contributed by atoms with E-state index < -0.39 is 0 Å². The Morgan fingerprint density at radius 2 is 2.27 bits per heavy atom. The molecule has 0 saturated carbocycles. The summed E-state index contributed by atoms with van der Waals surface area (Å²) in [6.07, 6.45) is 0. The zero-order valence-corrected chi connectivity index (χ0v) is 6.30. The van der Waals surface area contributed by atoms with E-state index in [9.17, 15) is 4.39 Å². The van der Waals surface area contributed by atoms with E-state index in [0.29, 0.717) is 5.56 Å². The van der Waals surface area contributed by atoms with Gasteiger partial charge in [0.25, 0.3) is 0 Å². The summed E-state index contributed by atoms with van der Waals surface area (Å²) in [5, 5.41) is 0. The van der Waals surface area contributed by atoms with Gasteiger partial charge in [-0.2, -0.15) is 0 Å². The summed E-state index contributed by atoms with van der Waals surface area (Å²) in [5.74, 6) is -0.380. The van der Waals surface area contributed by atoms with Crippen LogP contribution >= 0.6 is 0 Å². The Kier molecular flexibility index (Phi) is 2.66. The predicted molar refractivity (Wildman–Crippen MR) is 42.5 cm³/mol. The van der Waals surface area contributed by atoms with Crippen molar-refractivity contribution in [1.29, 1.82) is 0 Å². The molecule has 1 aromatic carbocycles. The van der Waals surface area contributed by atoms with E-state index in [-0.39, 0.29) is 17.9 Å². The number of ether oxygens (including phenoxy) is 1. The molecular formula is C8H8BFO. The average Bonchev–Trinajstić information content (AvgIpc) is 1.99. The lowest BCUT2D eigenvalue weighted by molar-refractivity contribution is 0.181. The van der Waals surface area contributed by atoms with Crippen LogP contribution < -0.4 is 5.46 Å². The summed E-state index contributed by atoms with van der Waals surface area (Å²) in [7, 11) is 6.84. The van der Waals surface area contributed by atoms with Gasteiger partial charge in [0.1, 0.15) is 13.7 Å². The fourth-order valence-corrected chi connectivity index (χ4v) is 0.867. The summed E-state index contributed by atoms with van der Waals surface area (Å²) < 4.78 is 17.8. The first-order valence-corrected chi connectivity index (χ1v) is 3.27. The van der Waals surface area contributed by atoms with Gasteiger partial charge in [-0.15, -0.1) is 0 Å². The summed E-state index contributed by atoms with van der Waals surface area (Å²) in [6.45, 7) is 0.261. The molecule has 0 aromatic heterocycles. The monoisotopic (exact) mass is 150 g/mol. The van der Waals surface area contributed by atoms with Crippen molar-refractivity contribution in [2.75, 3.05) is 7.11 Å². The Labute approximate surface area is 66.6 Å². The summed E-state index contributed by atoms with van der Waals surface area (Å²) >= 11 is 0. The Hall–Kier alpha value is -0.825. The van der Waals surface area contributed by atoms with Crippen molar-refractivity contribution in [1.82, 2.24) is 0 Å². The zero-order chi connectivity index (χ0) is 8.27. The van der Waals surface area contributed by atoms with Gasteiger partial charge in [-0.05, 0) is 0 Å². The Bertz CT molecular complexity index is 250. The van der Waals surface area contributed by atoms with Crippen molar-refractivity contribution in [3.05, 3.63) is 29.6 Å². The van der Waals surface area contributed by atoms with E-state index in [0.717, 1.165) is 0 Å². The predicted octanol–water partition coefficient (Wildman–Crippen LogP) is 0.766. The molecule has 0 amide bonds. The van der Waals surface area contributed by atoms with Crippen LogP contribution in [-0.2, 0) is 11.3 Å². The van der Waals surface area contributed by atoms with Gasteiger partial charge >= 0.3 is 0 Å². The van der Waals surface area contributed by atoms with Crippen molar-refractivity contribution in [2.45, 2.75) is 6.61 Å². The maximum Gasteiger partial charge on any atom is 0.121 e. The first-order chi connectivity index (χ1) is 5.25. The summed E-state index contributed by atoms with van der Waals surface area (Å²) in [6, 6.07) is 4.87. The highest BCUT2D eigenvalue weighted by Crippen LogP contribution is 2.04. The summed E-state index contributed by atoms with van der Waals surface area (Å²) in [5.41, 5.74) is 0.659. The number of hydrogen-bond acceptors (Lipinski definition) is 1. The third kappa shape index (κ3) is 1.81. The van der Waals surface area contributed by atoms with Crippen LogP contribution in [0, 0.1) is 5.82 Å². The highest BCUT2D eigenvalue weighted by molar-refractivity contribution is 6.32. The molecule has 11 heavy (non-hydrogen) atoms. The van der Waals surface area contributed by atoms with Crippen LogP contribution in [0.3, 0.4) is 0 Å². The fraction of sp³-hybridized carbons (Fsp3) is 0.250. The van der Waals surface area contributed by atoms with E-state index in [1.54, 1.807) is 12.1 Å². The molecule has 0 bridgehead atoms. The van der Waals surface area contributed by atoms with E-state index in [2.05, 4.69) is 0 Å². The quantitative estimate of drug-likeness (QED) is 0.565. The summed E-state index contributed by atoms with van der Waals surface area (Å²) in [4.78, 5) is 0. The Morgan fingerprint density at radius 3 is 2.91 bits per heavy atom. The number of benzene rings is 1. The van der Waals surface area contributed by atoms with Gasteiger partial charge in [0.05, 0.1) is 6.61 Å². The molecule has 0 N–H and O–H groups in total. The third-order valence-corrected chi connectivity index (χ3v) is 1.41. The number of halogens is 1. The largest absolute Gasteiger partial charge is 0.380 e. The van der Waals surface area contributed by atoms with Gasteiger partial charge in [0.15, 0.2) is 0 Å². The van der Waals surface area contributed by atoms with Crippen LogP contribution in [0.15, 0.2) is 18.2 Å². The molecule has 0 atom stereocenters. The van der Waals surface area contributed by atoms with Crippen LogP contribution in [-0.4, -0.2) is 15.0 Å². The van der Waals surface area contributed by atoms with Crippen molar-refractivity contribution in [3.63, 3.8) is 0 Å². The molecule has 0 aliphatic carbocycles. The first-order valence-electron chi connectivity index (χ1n) is 3.27. The van der Waals surface area contributed by atoms with E-state index in [1.807, 2.05) is 0 Å². The standard InChI is InChI=1S/C8H8BFO/c1-11-5-6-3-2-4-7(9)8(6)10/h2-4H,5H2,1H3. The Morgan fingerprint density at radius 1 is 1.55 bits per heavy atom. The Balaban J connectivity index is 2.96. The van der Waals surface area contributed by atoms with Crippen LogP contribution in [0.1, 0.15) is 5.56 Å². The van der Waals surface area contributed by atoms with Crippen molar-refractivity contribution in [3.8, 4) is 0 Å². The van der Waals surface area contributed by atoms with E-state index >= 15 is 0 Å². The molecule has 2 radical (unpaired) electrons. The van der Waals surface area contributed by atoms with Crippen LogP contribution in [0.4, 0.5) is 4.39 Å². The smallest absolute Gasteiger partial charge is 0.121 e. The molecule has 1 nitrogen and oxygen atoms in total. The van der Waals surface area contributed by atoms with Crippen molar-refractivity contribution in [2.24, 2.45) is 0 Å². The molecule has 0 spiro atoms. The minimum absolute atomic E-state index is 0.166. The molecule has 0 aliphatic rings. The number of rotatable bonds is 2. The molecule has 1 rings (SSSR count). The zero-order valence-electron chi connectivity index (χ0n) is 6.30. The van der Waals surface area contributed by atoms with Crippen molar-refractivity contribution >= 4 is 13.3 Å². The highest BCUT2D eigenvalue weighted by atomic mass is 19.1. The van der Waals surface area contributed by atoms with Gasteiger partial charge in [-0.25, -0.2) is 4.39 Å². The molecule has 3 heteroatoms.